The van der Waals surface area contributed by atoms with Crippen LogP contribution in [0.1, 0.15) is 17.9 Å². The van der Waals surface area contributed by atoms with E-state index in [4.69, 9.17) is 0 Å². The predicted octanol–water partition coefficient (Wildman–Crippen LogP) is 11.6. The lowest BCUT2D eigenvalue weighted by molar-refractivity contribution is 0.905. The minimum Gasteiger partial charge on any atom is -0.310 e. The largest absolute Gasteiger partial charge is 0.310 e. The number of hydrogen-bond donors (Lipinski definition) is 0. The molecule has 0 fully saturated rings. The summed E-state index contributed by atoms with van der Waals surface area (Å²) in [5, 5.41) is 8.99. The van der Waals surface area contributed by atoms with E-state index in [0.29, 0.717) is 0 Å². The molecule has 0 spiro atoms. The quantitative estimate of drug-likeness (QED) is 0.161. The minimum atomic E-state index is -0.000111. The molecule has 11 aromatic rings. The monoisotopic (exact) mass is 755 g/mol. The maximum Gasteiger partial charge on any atom is 0.263 e. The minimum absolute atomic E-state index is 0.000111. The summed E-state index contributed by atoms with van der Waals surface area (Å²) in [7, 11) is 0. The van der Waals surface area contributed by atoms with Crippen LogP contribution in [0, 0.1) is 0 Å². The Morgan fingerprint density at radius 3 is 1.56 bits per heavy atom. The molecule has 8 aromatic carbocycles. The number of rotatable bonds is 5. The maximum atomic E-state index is 14.0. The number of aromatic nitrogens is 3. The zero-order valence-corrected chi connectivity index (χ0v) is 32.2. The molecule has 0 saturated heterocycles. The van der Waals surface area contributed by atoms with E-state index in [1.54, 1.807) is 0 Å². The van der Waals surface area contributed by atoms with Gasteiger partial charge in [-0.05, 0) is 107 Å². The van der Waals surface area contributed by atoms with Crippen LogP contribution in [0.15, 0.2) is 199 Å². The van der Waals surface area contributed by atoms with Crippen LogP contribution in [-0.4, -0.2) is 13.7 Å². The first-order valence-corrected chi connectivity index (χ1v) is 20.3. The average Bonchev–Trinajstić information content (AvgIpc) is 3.82. The molecule has 59 heavy (non-hydrogen) atoms. The normalized spacial score (nSPS) is 13.9. The molecule has 3 heterocycles. The van der Waals surface area contributed by atoms with Gasteiger partial charge in [-0.1, -0.05) is 127 Å². The topological polar surface area (TPSA) is 31.9 Å². The standard InChI is InChI=1S/C55H37N3O/c59-55-46-20-8-7-17-43(46)44-18-9-12-22-51(44)58(55)42-28-23-36(24-29-42)37-25-30-53-48(33-37)49-35-39(27-32-54(49)57(53)41-15-5-2-6-16-41)38-26-31-52-47(34-38)45-19-10-11-21-50(45)56(52)40-13-3-1-4-14-40/h1-24,26-35,37H,25H2. The third-order valence-electron chi connectivity index (χ3n) is 12.4. The Labute approximate surface area is 340 Å². The van der Waals surface area contributed by atoms with Crippen molar-refractivity contribution in [3.05, 3.63) is 221 Å². The van der Waals surface area contributed by atoms with Gasteiger partial charge < -0.3 is 9.13 Å². The van der Waals surface area contributed by atoms with Crippen molar-refractivity contribution in [2.45, 2.75) is 12.3 Å². The van der Waals surface area contributed by atoms with E-state index >= 15 is 0 Å². The second-order valence-corrected chi connectivity index (χ2v) is 15.6. The Kier molecular flexibility index (Phi) is 7.48. The predicted molar refractivity (Wildman–Crippen MR) is 246 cm³/mol. The Hall–Kier alpha value is -7.69. The fraction of sp³-hybridized carbons (Fsp3) is 0.0364. The van der Waals surface area contributed by atoms with E-state index in [-0.39, 0.29) is 11.5 Å². The summed E-state index contributed by atoms with van der Waals surface area (Å²) in [6.45, 7) is 0. The van der Waals surface area contributed by atoms with Gasteiger partial charge in [-0.3, -0.25) is 9.36 Å². The summed E-state index contributed by atoms with van der Waals surface area (Å²) >= 11 is 0. The highest BCUT2D eigenvalue weighted by Crippen LogP contribution is 2.36. The molecule has 0 saturated carbocycles. The summed E-state index contributed by atoms with van der Waals surface area (Å²) in [6, 6.07) is 68.6. The lowest BCUT2D eigenvalue weighted by Crippen LogP contribution is -2.31. The van der Waals surface area contributed by atoms with Gasteiger partial charge in [0.1, 0.15) is 0 Å². The third kappa shape index (κ3) is 5.20. The van der Waals surface area contributed by atoms with Gasteiger partial charge in [0.05, 0.1) is 22.1 Å². The van der Waals surface area contributed by atoms with Crippen LogP contribution in [0.5, 0.6) is 0 Å². The number of benzene rings is 8. The van der Waals surface area contributed by atoms with E-state index in [2.05, 4.69) is 173 Å². The van der Waals surface area contributed by atoms with Crippen LogP contribution in [0.25, 0.3) is 94.7 Å². The maximum absolute atomic E-state index is 14.0. The summed E-state index contributed by atoms with van der Waals surface area (Å²) < 4.78 is 6.65. The first-order chi connectivity index (χ1) is 29.2. The van der Waals surface area contributed by atoms with Gasteiger partial charge in [-0.2, -0.15) is 0 Å². The zero-order valence-electron chi connectivity index (χ0n) is 32.2. The zero-order chi connectivity index (χ0) is 39.0. The van der Waals surface area contributed by atoms with Crippen LogP contribution in [0.2, 0.25) is 0 Å². The molecule has 0 bridgehead atoms. The summed E-state index contributed by atoms with van der Waals surface area (Å²) in [5.41, 5.74) is 11.3. The molecular weight excluding hydrogens is 719 g/mol. The average molecular weight is 756 g/mol. The van der Waals surface area contributed by atoms with Crippen LogP contribution < -0.4 is 16.1 Å². The molecule has 12 rings (SSSR count). The fourth-order valence-corrected chi connectivity index (χ4v) is 9.65. The molecule has 0 N–H and O–H groups in total. The molecule has 4 heteroatoms. The highest BCUT2D eigenvalue weighted by molar-refractivity contribution is 6.11. The highest BCUT2D eigenvalue weighted by atomic mass is 16.1. The van der Waals surface area contributed by atoms with Gasteiger partial charge in [0, 0.05) is 60.5 Å². The Morgan fingerprint density at radius 1 is 0.390 bits per heavy atom. The summed E-state index contributed by atoms with van der Waals surface area (Å²) in [6.07, 6.45) is 5.75. The Balaban J connectivity index is 0.995. The number of para-hydroxylation sites is 4. The van der Waals surface area contributed by atoms with Crippen LogP contribution in [0.3, 0.4) is 0 Å². The van der Waals surface area contributed by atoms with Gasteiger partial charge in [-0.25, -0.2) is 0 Å². The Bertz CT molecular complexity index is 3650. The van der Waals surface area contributed by atoms with Gasteiger partial charge in [0.25, 0.3) is 5.56 Å². The van der Waals surface area contributed by atoms with Crippen molar-refractivity contribution in [3.63, 3.8) is 0 Å². The summed E-state index contributed by atoms with van der Waals surface area (Å²) in [5.74, 6) is 0.181. The van der Waals surface area contributed by atoms with E-state index in [9.17, 15) is 4.79 Å². The molecule has 4 nitrogen and oxygen atoms in total. The highest BCUT2D eigenvalue weighted by Gasteiger charge is 2.19. The first-order valence-electron chi connectivity index (χ1n) is 20.3. The lowest BCUT2D eigenvalue weighted by atomic mass is 9.91. The van der Waals surface area contributed by atoms with E-state index < -0.39 is 0 Å². The van der Waals surface area contributed by atoms with Gasteiger partial charge >= 0.3 is 0 Å². The second-order valence-electron chi connectivity index (χ2n) is 15.6. The van der Waals surface area contributed by atoms with Crippen molar-refractivity contribution in [1.82, 2.24) is 13.7 Å². The van der Waals surface area contributed by atoms with Gasteiger partial charge in [0.2, 0.25) is 0 Å². The molecule has 1 aliphatic carbocycles. The second kappa shape index (κ2) is 13.2. The summed E-state index contributed by atoms with van der Waals surface area (Å²) in [4.78, 5) is 14.0. The number of fused-ring (bicyclic) bond motifs is 9. The lowest BCUT2D eigenvalue weighted by Gasteiger charge is -2.17. The Morgan fingerprint density at radius 2 is 0.881 bits per heavy atom. The van der Waals surface area contributed by atoms with Gasteiger partial charge in [-0.15, -0.1) is 0 Å². The molecule has 278 valence electrons. The fourth-order valence-electron chi connectivity index (χ4n) is 9.65. The molecule has 1 unspecified atom stereocenters. The van der Waals surface area contributed by atoms with Crippen LogP contribution in [0.4, 0.5) is 0 Å². The molecule has 0 amide bonds. The van der Waals surface area contributed by atoms with Crippen molar-refractivity contribution >= 4 is 66.5 Å². The van der Waals surface area contributed by atoms with Crippen LogP contribution >= 0.6 is 0 Å². The molecule has 0 radical (unpaired) electrons. The van der Waals surface area contributed by atoms with E-state index in [1.165, 1.54) is 60.0 Å². The van der Waals surface area contributed by atoms with Crippen molar-refractivity contribution in [1.29, 1.82) is 0 Å². The number of nitrogens with zero attached hydrogens (tertiary/aromatic N) is 3. The van der Waals surface area contributed by atoms with Crippen LogP contribution in [-0.2, 0) is 0 Å². The van der Waals surface area contributed by atoms with Crippen molar-refractivity contribution in [3.8, 4) is 28.2 Å². The first kappa shape index (κ1) is 33.4. The van der Waals surface area contributed by atoms with E-state index in [1.807, 2.05) is 47.0 Å². The smallest absolute Gasteiger partial charge is 0.263 e. The van der Waals surface area contributed by atoms with Gasteiger partial charge in [0.15, 0.2) is 0 Å². The number of hydrogen-bond acceptors (Lipinski definition) is 1. The molecular formula is C55H37N3O. The molecule has 1 atom stereocenters. The van der Waals surface area contributed by atoms with Crippen molar-refractivity contribution in [2.75, 3.05) is 0 Å². The molecule has 1 aliphatic rings. The number of pyridine rings is 1. The van der Waals surface area contributed by atoms with Crippen molar-refractivity contribution < 1.29 is 0 Å². The third-order valence-corrected chi connectivity index (χ3v) is 12.4. The SMILES string of the molecule is O=c1c2ccccc2c2ccccc2n1-c1ccc(C2C=c3c(n(-c4ccccc4)c4ccc(-c5ccc6c(c5)c5ccccc5n6-c5ccccc5)cc34)=CC2)cc1. The molecule has 0 aliphatic heterocycles. The molecule has 3 aromatic heterocycles. The van der Waals surface area contributed by atoms with E-state index in [0.717, 1.165) is 45.2 Å². The van der Waals surface area contributed by atoms with Crippen molar-refractivity contribution in [2.24, 2.45) is 0 Å².